The number of amides is 1. The number of hydrogen-bond acceptors (Lipinski definition) is 5. The second kappa shape index (κ2) is 7.92. The number of methoxy groups -OCH3 is 2. The molecule has 1 aromatic heterocycles. The fourth-order valence-electron chi connectivity index (χ4n) is 2.06. The van der Waals surface area contributed by atoms with Gasteiger partial charge in [0.15, 0.2) is 5.16 Å². The first-order chi connectivity index (χ1) is 11.0. The van der Waals surface area contributed by atoms with Gasteiger partial charge in [-0.2, -0.15) is 0 Å². The third kappa shape index (κ3) is 4.41. The van der Waals surface area contributed by atoms with Gasteiger partial charge in [-0.25, -0.2) is 4.98 Å². The van der Waals surface area contributed by atoms with Crippen molar-refractivity contribution < 1.29 is 14.3 Å². The summed E-state index contributed by atoms with van der Waals surface area (Å²) in [5, 5.41) is 3.59. The van der Waals surface area contributed by atoms with Crippen LogP contribution in [0.1, 0.15) is 13.8 Å². The van der Waals surface area contributed by atoms with Crippen molar-refractivity contribution >= 4 is 17.7 Å². The molecule has 0 saturated heterocycles. The number of imidazole rings is 1. The van der Waals surface area contributed by atoms with E-state index in [0.29, 0.717) is 11.5 Å². The number of nitrogens with one attached hydrogen (secondary N) is 1. The molecule has 0 fully saturated rings. The van der Waals surface area contributed by atoms with Crippen LogP contribution in [0.4, 0.5) is 0 Å². The first kappa shape index (κ1) is 17.2. The highest BCUT2D eigenvalue weighted by Crippen LogP contribution is 2.30. The van der Waals surface area contributed by atoms with Crippen LogP contribution >= 0.6 is 11.8 Å². The molecule has 0 saturated carbocycles. The smallest absolute Gasteiger partial charge is 0.230 e. The van der Waals surface area contributed by atoms with Crippen LogP contribution in [-0.4, -0.2) is 41.5 Å². The van der Waals surface area contributed by atoms with Crippen molar-refractivity contribution in [1.82, 2.24) is 14.9 Å². The lowest BCUT2D eigenvalue weighted by Gasteiger charge is -2.13. The largest absolute Gasteiger partial charge is 0.497 e. The Labute approximate surface area is 140 Å². The van der Waals surface area contributed by atoms with Crippen LogP contribution in [0.15, 0.2) is 35.7 Å². The minimum atomic E-state index is -0.0127. The molecule has 1 N–H and O–H groups in total. The molecule has 0 aliphatic carbocycles. The van der Waals surface area contributed by atoms with E-state index in [4.69, 9.17) is 9.47 Å². The number of hydrogen-bond donors (Lipinski definition) is 1. The van der Waals surface area contributed by atoms with E-state index >= 15 is 0 Å². The zero-order valence-electron chi connectivity index (χ0n) is 13.7. The molecule has 0 aliphatic heterocycles. The predicted molar refractivity (Wildman–Crippen MR) is 90.7 cm³/mol. The molecule has 1 amide bonds. The second-order valence-corrected chi connectivity index (χ2v) is 6.07. The highest BCUT2D eigenvalue weighted by molar-refractivity contribution is 7.99. The number of benzene rings is 1. The summed E-state index contributed by atoms with van der Waals surface area (Å²) in [5.41, 5.74) is 0.845. The van der Waals surface area contributed by atoms with Gasteiger partial charge in [0.25, 0.3) is 0 Å². The number of aromatic nitrogens is 2. The first-order valence-corrected chi connectivity index (χ1v) is 8.21. The molecule has 23 heavy (non-hydrogen) atoms. The van der Waals surface area contributed by atoms with Crippen LogP contribution in [0.25, 0.3) is 5.69 Å². The Morgan fingerprint density at radius 3 is 2.78 bits per heavy atom. The average molecular weight is 335 g/mol. The summed E-state index contributed by atoms with van der Waals surface area (Å²) in [5.74, 6) is 1.70. The molecule has 7 heteroatoms. The van der Waals surface area contributed by atoms with Crippen molar-refractivity contribution in [3.05, 3.63) is 30.6 Å². The average Bonchev–Trinajstić information content (AvgIpc) is 2.99. The molecule has 2 rings (SSSR count). The van der Waals surface area contributed by atoms with Gasteiger partial charge >= 0.3 is 0 Å². The molecule has 0 atom stereocenters. The van der Waals surface area contributed by atoms with Gasteiger partial charge in [-0.15, -0.1) is 0 Å². The topological polar surface area (TPSA) is 65.4 Å². The quantitative estimate of drug-likeness (QED) is 0.788. The molecule has 0 bridgehead atoms. The Morgan fingerprint density at radius 2 is 2.13 bits per heavy atom. The minimum Gasteiger partial charge on any atom is -0.497 e. The van der Waals surface area contributed by atoms with Gasteiger partial charge < -0.3 is 14.8 Å². The molecule has 0 spiro atoms. The van der Waals surface area contributed by atoms with Crippen LogP contribution < -0.4 is 14.8 Å². The van der Waals surface area contributed by atoms with Crippen molar-refractivity contribution in [2.75, 3.05) is 20.0 Å². The number of carbonyl (C=O) groups excluding carboxylic acids is 1. The molecule has 124 valence electrons. The first-order valence-electron chi connectivity index (χ1n) is 7.23. The number of rotatable bonds is 7. The van der Waals surface area contributed by atoms with E-state index in [1.807, 2.05) is 42.8 Å². The van der Waals surface area contributed by atoms with E-state index in [0.717, 1.165) is 16.6 Å². The standard InChI is InChI=1S/C16H21N3O3S/c1-11(2)18-15(20)10-23-16-17-7-8-19(16)13-6-5-12(21-3)9-14(13)22-4/h5-9,11H,10H2,1-4H3,(H,18,20). The summed E-state index contributed by atoms with van der Waals surface area (Å²) in [7, 11) is 3.22. The van der Waals surface area contributed by atoms with Gasteiger partial charge in [0.2, 0.25) is 5.91 Å². The minimum absolute atomic E-state index is 0.0127. The van der Waals surface area contributed by atoms with E-state index in [-0.39, 0.29) is 11.9 Å². The van der Waals surface area contributed by atoms with Crippen LogP contribution in [0.2, 0.25) is 0 Å². The predicted octanol–water partition coefficient (Wildman–Crippen LogP) is 2.51. The molecule has 0 unspecified atom stereocenters. The molecule has 0 aliphatic rings. The number of ether oxygens (including phenoxy) is 2. The summed E-state index contributed by atoms with van der Waals surface area (Å²) < 4.78 is 12.5. The van der Waals surface area contributed by atoms with E-state index in [9.17, 15) is 4.79 Å². The summed E-state index contributed by atoms with van der Waals surface area (Å²) in [4.78, 5) is 16.1. The third-order valence-electron chi connectivity index (χ3n) is 3.04. The lowest BCUT2D eigenvalue weighted by Crippen LogP contribution is -2.31. The van der Waals surface area contributed by atoms with E-state index in [1.165, 1.54) is 11.8 Å². The maximum atomic E-state index is 11.8. The van der Waals surface area contributed by atoms with Gasteiger partial charge in [-0.1, -0.05) is 11.8 Å². The molecule has 6 nitrogen and oxygen atoms in total. The molecule has 0 radical (unpaired) electrons. The summed E-state index contributed by atoms with van der Waals surface area (Å²) in [6, 6.07) is 5.70. The van der Waals surface area contributed by atoms with Crippen molar-refractivity contribution in [2.45, 2.75) is 25.0 Å². The molecular weight excluding hydrogens is 314 g/mol. The van der Waals surface area contributed by atoms with Crippen LogP contribution in [0.3, 0.4) is 0 Å². The van der Waals surface area contributed by atoms with Crippen LogP contribution in [0.5, 0.6) is 11.5 Å². The van der Waals surface area contributed by atoms with Crippen molar-refractivity contribution in [1.29, 1.82) is 0 Å². The van der Waals surface area contributed by atoms with E-state index in [2.05, 4.69) is 10.3 Å². The van der Waals surface area contributed by atoms with Gasteiger partial charge in [0.1, 0.15) is 11.5 Å². The fraction of sp³-hybridized carbons (Fsp3) is 0.375. The second-order valence-electron chi connectivity index (χ2n) is 5.13. The molecule has 1 heterocycles. The maximum Gasteiger partial charge on any atom is 0.230 e. The van der Waals surface area contributed by atoms with Gasteiger partial charge in [0, 0.05) is 24.5 Å². The Bertz CT molecular complexity index is 670. The highest BCUT2D eigenvalue weighted by atomic mass is 32.2. The summed E-state index contributed by atoms with van der Waals surface area (Å²) in [6.07, 6.45) is 3.54. The van der Waals surface area contributed by atoms with E-state index < -0.39 is 0 Å². The number of carbonyl (C=O) groups is 1. The maximum absolute atomic E-state index is 11.8. The van der Waals surface area contributed by atoms with Crippen molar-refractivity contribution in [3.8, 4) is 17.2 Å². The zero-order chi connectivity index (χ0) is 16.8. The molecule has 2 aromatic rings. The van der Waals surface area contributed by atoms with Crippen LogP contribution in [0, 0.1) is 0 Å². The Hall–Kier alpha value is -2.15. The van der Waals surface area contributed by atoms with E-state index in [1.54, 1.807) is 20.4 Å². The Morgan fingerprint density at radius 1 is 1.35 bits per heavy atom. The lowest BCUT2D eigenvalue weighted by atomic mass is 10.2. The van der Waals surface area contributed by atoms with Gasteiger partial charge in [0.05, 0.1) is 25.7 Å². The van der Waals surface area contributed by atoms with Crippen molar-refractivity contribution in [3.63, 3.8) is 0 Å². The van der Waals surface area contributed by atoms with Gasteiger partial charge in [-0.3, -0.25) is 9.36 Å². The normalized spacial score (nSPS) is 10.7. The SMILES string of the molecule is COc1ccc(-n2ccnc2SCC(=O)NC(C)C)c(OC)c1. The van der Waals surface area contributed by atoms with Crippen molar-refractivity contribution in [2.24, 2.45) is 0 Å². The Kier molecular flexibility index (Phi) is 5.92. The molecular formula is C16H21N3O3S. The lowest BCUT2D eigenvalue weighted by molar-refractivity contribution is -0.119. The van der Waals surface area contributed by atoms with Crippen LogP contribution in [-0.2, 0) is 4.79 Å². The number of thioether (sulfide) groups is 1. The third-order valence-corrected chi connectivity index (χ3v) is 4.00. The fourth-order valence-corrected chi connectivity index (χ4v) is 2.83. The highest BCUT2D eigenvalue weighted by Gasteiger charge is 2.13. The monoisotopic (exact) mass is 335 g/mol. The summed E-state index contributed by atoms with van der Waals surface area (Å²) in [6.45, 7) is 3.87. The summed E-state index contributed by atoms with van der Waals surface area (Å²) >= 11 is 1.38. The molecule has 1 aromatic carbocycles. The zero-order valence-corrected chi connectivity index (χ0v) is 14.5. The Balaban J connectivity index is 2.19. The van der Waals surface area contributed by atoms with Gasteiger partial charge in [-0.05, 0) is 26.0 Å². The number of nitrogens with zero attached hydrogens (tertiary/aromatic N) is 2.